The lowest BCUT2D eigenvalue weighted by Gasteiger charge is -2.30. The van der Waals surface area contributed by atoms with Gasteiger partial charge in [0.05, 0.1) is 30.3 Å². The van der Waals surface area contributed by atoms with Crippen LogP contribution in [0.5, 0.6) is 0 Å². The molecule has 0 saturated heterocycles. The number of hydrogen-bond donors (Lipinski definition) is 6. The number of carboxylic acids is 1. The van der Waals surface area contributed by atoms with Crippen LogP contribution in [0.2, 0.25) is 0 Å². The fourth-order valence-electron chi connectivity index (χ4n) is 6.81. The summed E-state index contributed by atoms with van der Waals surface area (Å²) < 4.78 is 0. The van der Waals surface area contributed by atoms with Crippen LogP contribution in [0, 0.1) is 23.7 Å². The third kappa shape index (κ3) is 14.7. The van der Waals surface area contributed by atoms with Gasteiger partial charge in [0.15, 0.2) is 0 Å². The first kappa shape index (κ1) is 40.9. The van der Waals surface area contributed by atoms with E-state index in [4.69, 9.17) is 5.11 Å². The lowest BCUT2D eigenvalue weighted by molar-refractivity contribution is -0.137. The predicted molar refractivity (Wildman–Crippen MR) is 190 cm³/mol. The number of aliphatic carboxylic acids is 1. The van der Waals surface area contributed by atoms with Crippen LogP contribution in [-0.4, -0.2) is 69.0 Å². The minimum atomic E-state index is -1.16. The second kappa shape index (κ2) is 21.0. The molecule has 4 amide bonds. The normalized spacial score (nSPS) is 18.6. The third-order valence-corrected chi connectivity index (χ3v) is 10.1. The van der Waals surface area contributed by atoms with E-state index in [1.165, 1.54) is 19.3 Å². The summed E-state index contributed by atoms with van der Waals surface area (Å²) in [5.74, 6) is -1.99. The fraction of sp³-hybridized carbons (Fsp3) is 0.737. The highest BCUT2D eigenvalue weighted by atomic mass is 16.4. The lowest BCUT2D eigenvalue weighted by Crippen LogP contribution is -2.57. The van der Waals surface area contributed by atoms with Crippen molar-refractivity contribution in [1.29, 1.82) is 0 Å². The summed E-state index contributed by atoms with van der Waals surface area (Å²) in [4.78, 5) is 68.8. The molecule has 2 aliphatic carbocycles. The number of pyridine rings is 1. The number of carbonyl (C=O) groups excluding carboxylic acids is 4. The number of nitrogens with one attached hydrogen (secondary N) is 4. The molecule has 1 heterocycles. The van der Waals surface area contributed by atoms with Crippen molar-refractivity contribution < 1.29 is 34.2 Å². The molecule has 1 aromatic heterocycles. The van der Waals surface area contributed by atoms with E-state index in [9.17, 15) is 29.1 Å². The van der Waals surface area contributed by atoms with Crippen LogP contribution in [0.15, 0.2) is 24.4 Å². The summed E-state index contributed by atoms with van der Waals surface area (Å²) in [5, 5.41) is 32.0. The number of nitrogens with zero attached hydrogens (tertiary/aromatic N) is 1. The summed E-state index contributed by atoms with van der Waals surface area (Å²) in [5.41, 5.74) is 0.791. The molecule has 50 heavy (non-hydrogen) atoms. The van der Waals surface area contributed by atoms with Crippen molar-refractivity contribution in [2.75, 3.05) is 0 Å². The highest BCUT2D eigenvalue weighted by Crippen LogP contribution is 2.34. The smallest absolute Gasteiger partial charge is 0.303 e. The van der Waals surface area contributed by atoms with E-state index >= 15 is 0 Å². The molecule has 12 nitrogen and oxygen atoms in total. The molecule has 2 aliphatic rings. The summed E-state index contributed by atoms with van der Waals surface area (Å²) >= 11 is 0. The zero-order chi connectivity index (χ0) is 36.6. The maximum Gasteiger partial charge on any atom is 0.303 e. The van der Waals surface area contributed by atoms with Crippen molar-refractivity contribution in [2.24, 2.45) is 23.7 Å². The van der Waals surface area contributed by atoms with E-state index in [1.54, 1.807) is 6.20 Å². The van der Waals surface area contributed by atoms with E-state index in [2.05, 4.69) is 26.3 Å². The van der Waals surface area contributed by atoms with Crippen molar-refractivity contribution in [2.45, 2.75) is 154 Å². The first-order valence-corrected chi connectivity index (χ1v) is 18.9. The molecule has 0 spiro atoms. The molecule has 0 aromatic carbocycles. The molecule has 3 rings (SSSR count). The van der Waals surface area contributed by atoms with Crippen molar-refractivity contribution in [3.63, 3.8) is 0 Å². The van der Waals surface area contributed by atoms with Gasteiger partial charge >= 0.3 is 5.97 Å². The number of amides is 4. The summed E-state index contributed by atoms with van der Waals surface area (Å²) in [7, 11) is 0. The highest BCUT2D eigenvalue weighted by molar-refractivity contribution is 5.92. The van der Waals surface area contributed by atoms with E-state index in [1.807, 2.05) is 45.9 Å². The Labute approximate surface area is 297 Å². The first-order valence-electron chi connectivity index (χ1n) is 18.9. The Morgan fingerprint density at radius 1 is 0.840 bits per heavy atom. The van der Waals surface area contributed by atoms with E-state index in [0.717, 1.165) is 37.8 Å². The Morgan fingerprint density at radius 3 is 2.14 bits per heavy atom. The molecule has 2 saturated carbocycles. The third-order valence-electron chi connectivity index (χ3n) is 10.1. The Balaban J connectivity index is 1.67. The van der Waals surface area contributed by atoms with Crippen LogP contribution < -0.4 is 21.3 Å². The SMILES string of the molecule is CC[C@H](C)[C@H](NC(=O)CCCC(=O)O)C(=O)N[C@@H](CC1CC1)C(=O)N[C@@H](CC(C)C)[C@@H](O)CC(=O)NC(CC1CCCCC1)c1ccccn1. The van der Waals surface area contributed by atoms with Crippen LogP contribution in [0.4, 0.5) is 0 Å². The lowest BCUT2D eigenvalue weighted by atomic mass is 9.84. The number of rotatable bonds is 22. The Bertz CT molecular complexity index is 1240. The predicted octanol–water partition coefficient (Wildman–Crippen LogP) is 4.56. The monoisotopic (exact) mass is 699 g/mol. The molecule has 2 fully saturated rings. The van der Waals surface area contributed by atoms with Crippen LogP contribution >= 0.6 is 0 Å². The van der Waals surface area contributed by atoms with E-state index in [-0.39, 0.29) is 55.4 Å². The number of carbonyl (C=O) groups is 5. The topological polar surface area (TPSA) is 187 Å². The van der Waals surface area contributed by atoms with Gasteiger partial charge in [-0.1, -0.05) is 85.1 Å². The Kier molecular flexibility index (Phi) is 17.1. The van der Waals surface area contributed by atoms with Crippen molar-refractivity contribution >= 4 is 29.6 Å². The van der Waals surface area contributed by atoms with Gasteiger partial charge in [-0.2, -0.15) is 0 Å². The molecule has 0 bridgehead atoms. The zero-order valence-corrected chi connectivity index (χ0v) is 30.5. The zero-order valence-electron chi connectivity index (χ0n) is 30.5. The number of aliphatic hydroxyl groups excluding tert-OH is 1. The van der Waals surface area contributed by atoms with Crippen molar-refractivity contribution in [1.82, 2.24) is 26.3 Å². The largest absolute Gasteiger partial charge is 0.481 e. The molecular weight excluding hydrogens is 638 g/mol. The number of hydrogen-bond acceptors (Lipinski definition) is 7. The summed E-state index contributed by atoms with van der Waals surface area (Å²) in [6.07, 6.45) is 10.4. The molecule has 1 aromatic rings. The summed E-state index contributed by atoms with van der Waals surface area (Å²) in [6, 6.07) is 2.89. The van der Waals surface area contributed by atoms with Crippen molar-refractivity contribution in [3.8, 4) is 0 Å². The fourth-order valence-corrected chi connectivity index (χ4v) is 6.81. The number of aromatic nitrogens is 1. The van der Waals surface area contributed by atoms with Gasteiger partial charge in [-0.3, -0.25) is 29.0 Å². The second-order valence-corrected chi connectivity index (χ2v) is 15.0. The molecule has 0 radical (unpaired) electrons. The second-order valence-electron chi connectivity index (χ2n) is 15.0. The van der Waals surface area contributed by atoms with Crippen LogP contribution in [0.3, 0.4) is 0 Å². The molecule has 12 heteroatoms. The maximum absolute atomic E-state index is 13.8. The minimum absolute atomic E-state index is 0.0238. The molecular formula is C38H61N5O7. The first-order chi connectivity index (χ1) is 23.9. The van der Waals surface area contributed by atoms with Gasteiger partial charge in [0.25, 0.3) is 0 Å². The van der Waals surface area contributed by atoms with Gasteiger partial charge in [-0.05, 0) is 61.5 Å². The average molecular weight is 700 g/mol. The highest BCUT2D eigenvalue weighted by Gasteiger charge is 2.36. The van der Waals surface area contributed by atoms with Gasteiger partial charge in [-0.15, -0.1) is 0 Å². The van der Waals surface area contributed by atoms with Gasteiger partial charge in [0, 0.05) is 19.0 Å². The quantitative estimate of drug-likeness (QED) is 0.102. The van der Waals surface area contributed by atoms with Crippen LogP contribution in [0.1, 0.15) is 136 Å². The molecule has 1 unspecified atom stereocenters. The molecule has 280 valence electrons. The standard InChI is InChI=1S/C38H61N5O7/c1-5-25(4)36(43-33(45)15-11-16-35(47)48)38(50)42-31(22-27-17-18-27)37(49)41-30(20-24(2)3)32(44)23-34(46)40-29(28-14-9-10-19-39-28)21-26-12-7-6-8-13-26/h9-10,14,19,24-27,29-32,36,44H,5-8,11-13,15-18,20-23H2,1-4H3,(H,40,46)(H,41,49)(H,42,50)(H,43,45)(H,47,48)/t25-,29?,30-,31-,32-,36-/m0/s1. The number of carboxylic acid groups (broad SMARTS) is 1. The Hall–Kier alpha value is -3.54. The maximum atomic E-state index is 13.8. The van der Waals surface area contributed by atoms with Gasteiger partial charge in [-0.25, -0.2) is 0 Å². The molecule has 6 atom stereocenters. The van der Waals surface area contributed by atoms with E-state index < -0.39 is 47.9 Å². The average Bonchev–Trinajstić information content (AvgIpc) is 3.90. The number of aliphatic hydroxyl groups is 1. The molecule has 6 N–H and O–H groups in total. The van der Waals surface area contributed by atoms with Crippen molar-refractivity contribution in [3.05, 3.63) is 30.1 Å². The Morgan fingerprint density at radius 2 is 1.54 bits per heavy atom. The van der Waals surface area contributed by atoms with Gasteiger partial charge in [0.1, 0.15) is 12.1 Å². The van der Waals surface area contributed by atoms with Crippen LogP contribution in [0.25, 0.3) is 0 Å². The van der Waals surface area contributed by atoms with E-state index in [0.29, 0.717) is 25.2 Å². The van der Waals surface area contributed by atoms with Crippen LogP contribution in [-0.2, 0) is 24.0 Å². The van der Waals surface area contributed by atoms with Gasteiger partial charge in [0.2, 0.25) is 23.6 Å². The van der Waals surface area contributed by atoms with Gasteiger partial charge < -0.3 is 31.5 Å². The molecule has 0 aliphatic heterocycles. The summed E-state index contributed by atoms with van der Waals surface area (Å²) in [6.45, 7) is 7.70. The minimum Gasteiger partial charge on any atom is -0.481 e.